The Morgan fingerprint density at radius 3 is 2.58 bits per heavy atom. The van der Waals surface area contributed by atoms with Crippen LogP contribution in [0.1, 0.15) is 18.4 Å². The molecule has 0 spiro atoms. The van der Waals surface area contributed by atoms with E-state index in [0.717, 1.165) is 43.5 Å². The van der Waals surface area contributed by atoms with Gasteiger partial charge in [-0.2, -0.15) is 0 Å². The molecule has 0 unspecified atom stereocenters. The molecule has 3 aromatic rings. The maximum absolute atomic E-state index is 12.9. The minimum absolute atomic E-state index is 0.294. The zero-order valence-corrected chi connectivity index (χ0v) is 15.3. The lowest BCUT2D eigenvalue weighted by atomic mass is 10.1. The van der Waals surface area contributed by atoms with Crippen LogP contribution in [0.2, 0.25) is 0 Å². The first-order valence-corrected chi connectivity index (χ1v) is 10.3. The molecule has 0 bridgehead atoms. The van der Waals surface area contributed by atoms with E-state index in [1.165, 1.54) is 3.97 Å². The average molecular weight is 370 g/mol. The van der Waals surface area contributed by atoms with E-state index in [9.17, 15) is 8.42 Å². The number of nitrogens with one attached hydrogen (secondary N) is 1. The molecule has 1 fully saturated rings. The number of ether oxygens (including phenoxy) is 1. The van der Waals surface area contributed by atoms with E-state index in [1.807, 2.05) is 24.3 Å². The summed E-state index contributed by atoms with van der Waals surface area (Å²) < 4.78 is 32.5. The fourth-order valence-electron chi connectivity index (χ4n) is 3.36. The first kappa shape index (κ1) is 17.3. The molecule has 0 amide bonds. The Kier molecular flexibility index (Phi) is 4.80. The molecule has 136 valence electrons. The monoisotopic (exact) mass is 370 g/mol. The third-order valence-electron chi connectivity index (χ3n) is 4.84. The second-order valence-electron chi connectivity index (χ2n) is 6.59. The Hall–Kier alpha value is -2.15. The van der Waals surface area contributed by atoms with Crippen molar-refractivity contribution < 1.29 is 13.2 Å². The van der Waals surface area contributed by atoms with Gasteiger partial charge in [0, 0.05) is 37.4 Å². The fraction of sp³-hybridized carbons (Fsp3) is 0.300. The van der Waals surface area contributed by atoms with E-state index >= 15 is 0 Å². The van der Waals surface area contributed by atoms with Gasteiger partial charge in [0.05, 0.1) is 10.4 Å². The molecular weight excluding hydrogens is 348 g/mol. The van der Waals surface area contributed by atoms with Crippen LogP contribution in [0.3, 0.4) is 0 Å². The second-order valence-corrected chi connectivity index (χ2v) is 8.41. The predicted octanol–water partition coefficient (Wildman–Crippen LogP) is 3.15. The lowest BCUT2D eigenvalue weighted by Gasteiger charge is -2.23. The summed E-state index contributed by atoms with van der Waals surface area (Å²) in [6.45, 7) is 2.41. The van der Waals surface area contributed by atoms with Gasteiger partial charge in [-0.1, -0.05) is 24.3 Å². The van der Waals surface area contributed by atoms with Crippen molar-refractivity contribution in [1.29, 1.82) is 0 Å². The highest BCUT2D eigenvalue weighted by Crippen LogP contribution is 2.23. The summed E-state index contributed by atoms with van der Waals surface area (Å²) in [7, 11) is -3.58. The maximum Gasteiger partial charge on any atom is 0.268 e. The Labute approximate surface area is 153 Å². The molecule has 1 aliphatic heterocycles. The van der Waals surface area contributed by atoms with Gasteiger partial charge in [-0.25, -0.2) is 12.4 Å². The minimum atomic E-state index is -3.58. The summed E-state index contributed by atoms with van der Waals surface area (Å²) in [6, 6.07) is 16.8. The fourth-order valence-corrected chi connectivity index (χ4v) is 4.73. The van der Waals surface area contributed by atoms with Gasteiger partial charge in [-0.15, -0.1) is 0 Å². The molecule has 26 heavy (non-hydrogen) atoms. The Morgan fingerprint density at radius 2 is 1.81 bits per heavy atom. The van der Waals surface area contributed by atoms with Crippen LogP contribution in [0.25, 0.3) is 10.9 Å². The first-order valence-electron chi connectivity index (χ1n) is 8.86. The third-order valence-corrected chi connectivity index (χ3v) is 6.54. The SMILES string of the molecule is O=S(=O)(c1ccccc1)n1ccc2cc(CNC3CCOCC3)ccc21. The van der Waals surface area contributed by atoms with Crippen LogP contribution in [0.4, 0.5) is 0 Å². The van der Waals surface area contributed by atoms with Crippen LogP contribution in [-0.2, 0) is 21.3 Å². The van der Waals surface area contributed by atoms with Crippen molar-refractivity contribution >= 4 is 20.9 Å². The number of fused-ring (bicyclic) bond motifs is 1. The molecular formula is C20H22N2O3S. The zero-order valence-electron chi connectivity index (χ0n) is 14.5. The lowest BCUT2D eigenvalue weighted by Crippen LogP contribution is -2.34. The van der Waals surface area contributed by atoms with Crippen molar-refractivity contribution in [3.63, 3.8) is 0 Å². The van der Waals surface area contributed by atoms with E-state index < -0.39 is 10.0 Å². The van der Waals surface area contributed by atoms with Crippen molar-refractivity contribution in [1.82, 2.24) is 9.29 Å². The predicted molar refractivity (Wildman–Crippen MR) is 102 cm³/mol. The summed E-state index contributed by atoms with van der Waals surface area (Å²) in [5.74, 6) is 0. The molecule has 6 heteroatoms. The van der Waals surface area contributed by atoms with Crippen molar-refractivity contribution in [2.24, 2.45) is 0 Å². The zero-order chi connectivity index (χ0) is 18.0. The number of hydrogen-bond donors (Lipinski definition) is 1. The summed E-state index contributed by atoms with van der Waals surface area (Å²) in [4.78, 5) is 0.294. The molecule has 0 radical (unpaired) electrons. The number of aromatic nitrogens is 1. The van der Waals surface area contributed by atoms with Gasteiger partial charge in [0.25, 0.3) is 10.0 Å². The highest BCUT2D eigenvalue weighted by atomic mass is 32.2. The molecule has 0 saturated carbocycles. The van der Waals surface area contributed by atoms with Crippen molar-refractivity contribution in [3.8, 4) is 0 Å². The number of nitrogens with zero attached hydrogens (tertiary/aromatic N) is 1. The molecule has 1 aromatic heterocycles. The molecule has 1 N–H and O–H groups in total. The van der Waals surface area contributed by atoms with Gasteiger partial charge in [0.15, 0.2) is 0 Å². The summed E-state index contributed by atoms with van der Waals surface area (Å²) >= 11 is 0. The van der Waals surface area contributed by atoms with Crippen LogP contribution in [0, 0.1) is 0 Å². The van der Waals surface area contributed by atoms with Crippen LogP contribution in [0.5, 0.6) is 0 Å². The summed E-state index contributed by atoms with van der Waals surface area (Å²) in [5.41, 5.74) is 1.85. The minimum Gasteiger partial charge on any atom is -0.381 e. The number of rotatable bonds is 5. The Bertz CT molecular complexity index is 990. The standard InChI is InChI=1S/C20H22N2O3S/c23-26(24,19-4-2-1-3-5-19)22-11-8-17-14-16(6-7-20(17)22)15-21-18-9-12-25-13-10-18/h1-8,11,14,18,21H,9-10,12-13,15H2. The van der Waals surface area contributed by atoms with Crippen molar-refractivity contribution in [2.75, 3.05) is 13.2 Å². The van der Waals surface area contributed by atoms with Crippen LogP contribution in [0.15, 0.2) is 65.7 Å². The van der Waals surface area contributed by atoms with Gasteiger partial charge < -0.3 is 10.1 Å². The van der Waals surface area contributed by atoms with E-state index in [1.54, 1.807) is 30.5 Å². The van der Waals surface area contributed by atoms with Gasteiger partial charge in [0.1, 0.15) is 0 Å². The lowest BCUT2D eigenvalue weighted by molar-refractivity contribution is 0.0776. The molecule has 2 aromatic carbocycles. The van der Waals surface area contributed by atoms with Crippen molar-refractivity contribution in [2.45, 2.75) is 30.3 Å². The second kappa shape index (κ2) is 7.23. The number of hydrogen-bond acceptors (Lipinski definition) is 4. The average Bonchev–Trinajstić information content (AvgIpc) is 3.12. The number of benzene rings is 2. The molecule has 0 aliphatic carbocycles. The van der Waals surface area contributed by atoms with E-state index in [2.05, 4.69) is 11.4 Å². The summed E-state index contributed by atoms with van der Waals surface area (Å²) in [6.07, 6.45) is 3.70. The van der Waals surface area contributed by atoms with Crippen molar-refractivity contribution in [3.05, 3.63) is 66.4 Å². The molecule has 5 nitrogen and oxygen atoms in total. The first-order chi connectivity index (χ1) is 12.6. The van der Waals surface area contributed by atoms with E-state index in [4.69, 9.17) is 4.74 Å². The Morgan fingerprint density at radius 1 is 1.04 bits per heavy atom. The van der Waals surface area contributed by atoms with Gasteiger partial charge in [0.2, 0.25) is 0 Å². The van der Waals surface area contributed by atoms with Gasteiger partial charge >= 0.3 is 0 Å². The quantitative estimate of drug-likeness (QED) is 0.750. The topological polar surface area (TPSA) is 60.3 Å². The maximum atomic E-state index is 12.9. The molecule has 4 rings (SSSR count). The third kappa shape index (κ3) is 3.40. The van der Waals surface area contributed by atoms with Crippen LogP contribution in [-0.4, -0.2) is 31.6 Å². The Balaban J connectivity index is 1.57. The smallest absolute Gasteiger partial charge is 0.268 e. The summed E-state index contributed by atoms with van der Waals surface area (Å²) in [5, 5.41) is 4.49. The van der Waals surface area contributed by atoms with E-state index in [-0.39, 0.29) is 0 Å². The molecule has 2 heterocycles. The molecule has 1 saturated heterocycles. The van der Waals surface area contributed by atoms with Crippen LogP contribution >= 0.6 is 0 Å². The van der Waals surface area contributed by atoms with Crippen LogP contribution < -0.4 is 5.32 Å². The van der Waals surface area contributed by atoms with E-state index in [0.29, 0.717) is 16.5 Å². The van der Waals surface area contributed by atoms with Gasteiger partial charge in [-0.3, -0.25) is 0 Å². The molecule has 0 atom stereocenters. The molecule has 1 aliphatic rings. The largest absolute Gasteiger partial charge is 0.381 e. The normalized spacial score (nSPS) is 16.2. The van der Waals surface area contributed by atoms with Gasteiger partial charge in [-0.05, 0) is 48.7 Å². The highest BCUT2D eigenvalue weighted by Gasteiger charge is 2.18. The highest BCUT2D eigenvalue weighted by molar-refractivity contribution is 7.90.